The molecule has 1 unspecified atom stereocenters. The van der Waals surface area contributed by atoms with Gasteiger partial charge >= 0.3 is 0 Å². The highest BCUT2D eigenvalue weighted by Crippen LogP contribution is 2.32. The van der Waals surface area contributed by atoms with Gasteiger partial charge in [0.05, 0.1) is 14.2 Å². The smallest absolute Gasteiger partial charge is 0.288 e. The molecule has 0 aliphatic rings. The van der Waals surface area contributed by atoms with Crippen LogP contribution in [-0.4, -0.2) is 29.7 Å². The summed E-state index contributed by atoms with van der Waals surface area (Å²) < 4.78 is 24.8. The summed E-state index contributed by atoms with van der Waals surface area (Å²) in [4.78, 5) is 18.3. The predicted molar refractivity (Wildman–Crippen MR) is 139 cm³/mol. The van der Waals surface area contributed by atoms with Crippen molar-refractivity contribution in [2.75, 3.05) is 14.2 Å². The number of methoxy groups -OCH3 is 2. The summed E-state index contributed by atoms with van der Waals surface area (Å²) in [6.07, 6.45) is 3.51. The van der Waals surface area contributed by atoms with Crippen LogP contribution < -0.4 is 19.5 Å². The molecular weight excluding hydrogens is 470 g/mol. The third-order valence-electron chi connectivity index (χ3n) is 6.13. The first-order valence-corrected chi connectivity index (χ1v) is 11.8. The Kier molecular flexibility index (Phi) is 6.81. The van der Waals surface area contributed by atoms with Crippen LogP contribution in [0.4, 0.5) is 0 Å². The van der Waals surface area contributed by atoms with E-state index in [1.807, 2.05) is 84.5 Å². The fourth-order valence-electron chi connectivity index (χ4n) is 4.24. The zero-order valence-electron chi connectivity index (χ0n) is 20.8. The van der Waals surface area contributed by atoms with Crippen molar-refractivity contribution in [2.45, 2.75) is 12.6 Å². The molecule has 5 rings (SSSR count). The zero-order valence-corrected chi connectivity index (χ0v) is 20.8. The molecular formula is C29H27N3O5. The van der Waals surface area contributed by atoms with Gasteiger partial charge < -0.3 is 28.5 Å². The van der Waals surface area contributed by atoms with Gasteiger partial charge in [0.2, 0.25) is 0 Å². The van der Waals surface area contributed by atoms with Gasteiger partial charge in [-0.2, -0.15) is 0 Å². The minimum Gasteiger partial charge on any atom is -0.497 e. The molecule has 1 atom stereocenters. The SMILES string of the molecule is COc1cc(OC)cc(C(NC(=O)c2oc3ccccc3c2COc2ccccc2)c2nccn2C)c1. The predicted octanol–water partition coefficient (Wildman–Crippen LogP) is 5.28. The number of carbonyl (C=O) groups excluding carboxylic acids is 1. The number of ether oxygens (including phenoxy) is 3. The average molecular weight is 498 g/mol. The van der Waals surface area contributed by atoms with Gasteiger partial charge in [-0.25, -0.2) is 4.98 Å². The number of furan rings is 1. The number of imidazole rings is 1. The van der Waals surface area contributed by atoms with Crippen molar-refractivity contribution in [1.82, 2.24) is 14.9 Å². The number of nitrogens with one attached hydrogen (secondary N) is 1. The number of carbonyl (C=O) groups is 1. The maximum atomic E-state index is 13.8. The number of nitrogens with zero attached hydrogens (tertiary/aromatic N) is 2. The summed E-state index contributed by atoms with van der Waals surface area (Å²) in [6, 6.07) is 21.9. The van der Waals surface area contributed by atoms with Crippen molar-refractivity contribution in [3.05, 3.63) is 108 Å². The number of aryl methyl sites for hydroxylation is 1. The maximum absolute atomic E-state index is 13.8. The van der Waals surface area contributed by atoms with E-state index in [0.29, 0.717) is 34.2 Å². The second-order valence-electron chi connectivity index (χ2n) is 8.46. The van der Waals surface area contributed by atoms with E-state index in [4.69, 9.17) is 18.6 Å². The van der Waals surface area contributed by atoms with E-state index < -0.39 is 11.9 Å². The van der Waals surface area contributed by atoms with Crippen LogP contribution >= 0.6 is 0 Å². The normalized spacial score (nSPS) is 11.8. The number of hydrogen-bond acceptors (Lipinski definition) is 6. The Morgan fingerprint density at radius 1 is 0.973 bits per heavy atom. The number of rotatable bonds is 9. The highest BCUT2D eigenvalue weighted by molar-refractivity contribution is 5.99. The summed E-state index contributed by atoms with van der Waals surface area (Å²) >= 11 is 0. The quantitative estimate of drug-likeness (QED) is 0.298. The Labute approximate surface area is 214 Å². The molecule has 0 aliphatic carbocycles. The number of para-hydroxylation sites is 2. The number of aromatic nitrogens is 2. The molecule has 0 bridgehead atoms. The molecule has 0 aliphatic heterocycles. The Morgan fingerprint density at radius 2 is 1.68 bits per heavy atom. The van der Waals surface area contributed by atoms with Gasteiger partial charge in [-0.05, 0) is 35.9 Å². The van der Waals surface area contributed by atoms with Gasteiger partial charge in [0.1, 0.15) is 41.3 Å². The minimum absolute atomic E-state index is 0.170. The van der Waals surface area contributed by atoms with Crippen LogP contribution in [0.25, 0.3) is 11.0 Å². The fourth-order valence-corrected chi connectivity index (χ4v) is 4.24. The molecule has 37 heavy (non-hydrogen) atoms. The zero-order chi connectivity index (χ0) is 25.8. The van der Waals surface area contributed by atoms with Crippen molar-refractivity contribution >= 4 is 16.9 Å². The van der Waals surface area contributed by atoms with E-state index in [-0.39, 0.29) is 12.4 Å². The molecule has 3 aromatic carbocycles. The van der Waals surface area contributed by atoms with Crippen LogP contribution in [0.3, 0.4) is 0 Å². The van der Waals surface area contributed by atoms with Gasteiger partial charge in [-0.3, -0.25) is 4.79 Å². The lowest BCUT2D eigenvalue weighted by molar-refractivity contribution is 0.0911. The molecule has 1 amide bonds. The van der Waals surface area contributed by atoms with Crippen LogP contribution in [0, 0.1) is 0 Å². The van der Waals surface area contributed by atoms with Crippen molar-refractivity contribution in [2.24, 2.45) is 7.05 Å². The Balaban J connectivity index is 1.53. The van der Waals surface area contributed by atoms with Crippen LogP contribution in [0.1, 0.15) is 33.5 Å². The monoisotopic (exact) mass is 497 g/mol. The van der Waals surface area contributed by atoms with Crippen LogP contribution in [0.2, 0.25) is 0 Å². The van der Waals surface area contributed by atoms with Gasteiger partial charge in [0.25, 0.3) is 5.91 Å². The third kappa shape index (κ3) is 4.99. The summed E-state index contributed by atoms with van der Waals surface area (Å²) in [5, 5.41) is 3.93. The third-order valence-corrected chi connectivity index (χ3v) is 6.13. The summed E-state index contributed by atoms with van der Waals surface area (Å²) in [6.45, 7) is 0.170. The lowest BCUT2D eigenvalue weighted by atomic mass is 10.0. The van der Waals surface area contributed by atoms with Gasteiger partial charge in [0.15, 0.2) is 5.76 Å². The summed E-state index contributed by atoms with van der Waals surface area (Å²) in [5.41, 5.74) is 2.02. The summed E-state index contributed by atoms with van der Waals surface area (Å²) in [7, 11) is 5.04. The number of benzene rings is 3. The fraction of sp³-hybridized carbons (Fsp3) is 0.172. The first kappa shape index (κ1) is 24.0. The minimum atomic E-state index is -0.604. The molecule has 8 heteroatoms. The second kappa shape index (κ2) is 10.5. The van der Waals surface area contributed by atoms with E-state index in [2.05, 4.69) is 10.3 Å². The first-order chi connectivity index (χ1) is 18.1. The van der Waals surface area contributed by atoms with E-state index in [1.165, 1.54) is 0 Å². The van der Waals surface area contributed by atoms with Crippen LogP contribution in [-0.2, 0) is 13.7 Å². The maximum Gasteiger partial charge on any atom is 0.288 e. The average Bonchev–Trinajstić information content (AvgIpc) is 3.53. The molecule has 2 aromatic heterocycles. The first-order valence-electron chi connectivity index (χ1n) is 11.8. The van der Waals surface area contributed by atoms with Crippen molar-refractivity contribution < 1.29 is 23.4 Å². The lowest BCUT2D eigenvalue weighted by Gasteiger charge is -2.20. The number of amides is 1. The Bertz CT molecular complexity index is 1500. The molecule has 0 radical (unpaired) electrons. The molecule has 8 nitrogen and oxygen atoms in total. The highest BCUT2D eigenvalue weighted by atomic mass is 16.5. The highest BCUT2D eigenvalue weighted by Gasteiger charge is 2.27. The summed E-state index contributed by atoms with van der Waals surface area (Å²) in [5.74, 6) is 2.34. The molecule has 0 spiro atoms. The molecule has 188 valence electrons. The van der Waals surface area contributed by atoms with Crippen molar-refractivity contribution in [3.63, 3.8) is 0 Å². The lowest BCUT2D eigenvalue weighted by Crippen LogP contribution is -2.31. The Hall–Kier alpha value is -4.72. The van der Waals surface area contributed by atoms with Gasteiger partial charge in [-0.1, -0.05) is 36.4 Å². The van der Waals surface area contributed by atoms with Crippen LogP contribution in [0.15, 0.2) is 89.6 Å². The largest absolute Gasteiger partial charge is 0.497 e. The molecule has 0 saturated heterocycles. The van der Waals surface area contributed by atoms with Gasteiger partial charge in [0, 0.05) is 36.5 Å². The van der Waals surface area contributed by atoms with E-state index in [9.17, 15) is 4.79 Å². The molecule has 0 saturated carbocycles. The van der Waals surface area contributed by atoms with Gasteiger partial charge in [-0.15, -0.1) is 0 Å². The van der Waals surface area contributed by atoms with Crippen molar-refractivity contribution in [1.29, 1.82) is 0 Å². The van der Waals surface area contributed by atoms with Crippen molar-refractivity contribution in [3.8, 4) is 17.2 Å². The van der Waals surface area contributed by atoms with E-state index in [0.717, 1.165) is 10.9 Å². The standard InChI is InChI=1S/C29H27N3O5/c1-32-14-13-30-28(32)26(19-15-21(34-2)17-22(16-19)35-3)31-29(33)27-24(18-36-20-9-5-4-6-10-20)23-11-7-8-12-25(23)37-27/h4-17,26H,18H2,1-3H3,(H,31,33). The van der Waals surface area contributed by atoms with Crippen LogP contribution in [0.5, 0.6) is 17.2 Å². The molecule has 5 aromatic rings. The van der Waals surface area contributed by atoms with E-state index >= 15 is 0 Å². The topological polar surface area (TPSA) is 87.8 Å². The Morgan fingerprint density at radius 3 is 2.35 bits per heavy atom. The van der Waals surface area contributed by atoms with E-state index in [1.54, 1.807) is 26.5 Å². The molecule has 0 fully saturated rings. The second-order valence-corrected chi connectivity index (χ2v) is 8.46. The molecule has 2 heterocycles. The number of fused-ring (bicyclic) bond motifs is 1. The number of hydrogen-bond donors (Lipinski definition) is 1. The molecule has 1 N–H and O–H groups in total.